The molecule has 1 unspecified atom stereocenters. The minimum absolute atomic E-state index is 0.147. The molecule has 0 aliphatic carbocycles. The molecule has 2 heterocycles. The first-order chi connectivity index (χ1) is 13.1. The van der Waals surface area contributed by atoms with Crippen LogP contribution < -0.4 is 5.32 Å². The largest absolute Gasteiger partial charge is 0.448 e. The van der Waals surface area contributed by atoms with Crippen molar-refractivity contribution < 1.29 is 19.1 Å². The number of fused-ring (bicyclic) bond motifs is 1. The van der Waals surface area contributed by atoms with Crippen molar-refractivity contribution in [1.29, 1.82) is 0 Å². The van der Waals surface area contributed by atoms with Crippen LogP contribution in [0.25, 0.3) is 0 Å². The Bertz CT molecular complexity index is 529. The highest BCUT2D eigenvalue weighted by Gasteiger charge is 2.49. The summed E-state index contributed by atoms with van der Waals surface area (Å²) in [5, 5.41) is 2.81. The van der Waals surface area contributed by atoms with Crippen molar-refractivity contribution in [2.45, 2.75) is 97.2 Å². The van der Waals surface area contributed by atoms with E-state index in [1.165, 1.54) is 12.8 Å². The zero-order valence-corrected chi connectivity index (χ0v) is 18.5. The molecule has 6 heteroatoms. The summed E-state index contributed by atoms with van der Waals surface area (Å²) in [5.41, 5.74) is -0.132. The molecule has 0 bridgehead atoms. The maximum Gasteiger partial charge on any atom is 0.407 e. The quantitative estimate of drug-likeness (QED) is 0.567. The van der Waals surface area contributed by atoms with Crippen molar-refractivity contribution in [2.24, 2.45) is 5.41 Å². The van der Waals surface area contributed by atoms with Gasteiger partial charge in [0.15, 0.2) is 0 Å². The molecule has 0 saturated carbocycles. The summed E-state index contributed by atoms with van der Waals surface area (Å²) in [6.07, 6.45) is 6.60. The van der Waals surface area contributed by atoms with Crippen molar-refractivity contribution in [3.8, 4) is 0 Å². The molecule has 0 aromatic heterocycles. The first-order valence-corrected chi connectivity index (χ1v) is 11.0. The van der Waals surface area contributed by atoms with Crippen molar-refractivity contribution >= 4 is 11.9 Å². The van der Waals surface area contributed by atoms with Crippen LogP contribution in [0.4, 0.5) is 4.79 Å². The van der Waals surface area contributed by atoms with Crippen LogP contribution in [0.5, 0.6) is 0 Å². The number of ether oxygens (including phenoxy) is 2. The summed E-state index contributed by atoms with van der Waals surface area (Å²) in [6.45, 7) is 12.8. The van der Waals surface area contributed by atoms with Gasteiger partial charge in [0.05, 0.1) is 12.7 Å². The lowest BCUT2D eigenvalue weighted by Crippen LogP contribution is -2.47. The van der Waals surface area contributed by atoms with E-state index in [1.54, 1.807) is 0 Å². The third-order valence-corrected chi connectivity index (χ3v) is 6.06. The van der Waals surface area contributed by atoms with E-state index in [2.05, 4.69) is 24.1 Å². The van der Waals surface area contributed by atoms with Gasteiger partial charge in [-0.2, -0.15) is 0 Å². The lowest BCUT2D eigenvalue weighted by Gasteiger charge is -2.35. The molecule has 6 nitrogen and oxygen atoms in total. The standard InChI is InChI=1S/C22H40N2O4/c1-17(2)28-16-22-11-8-14-24(22)18(10-12-22)15-27-20(26)23-13-7-6-9-19(25)21(3,4)5/h17-18H,6-16H2,1-5H3,(H,23,26)/t18-,22?/m1/s1. The second-order valence-corrected chi connectivity index (χ2v) is 9.73. The number of ketones is 1. The molecule has 2 fully saturated rings. The van der Waals surface area contributed by atoms with Gasteiger partial charge in [-0.15, -0.1) is 0 Å². The highest BCUT2D eigenvalue weighted by atomic mass is 16.5. The summed E-state index contributed by atoms with van der Waals surface area (Å²) in [5.74, 6) is 0.270. The first-order valence-electron chi connectivity index (χ1n) is 11.0. The summed E-state index contributed by atoms with van der Waals surface area (Å²) >= 11 is 0. The van der Waals surface area contributed by atoms with Gasteiger partial charge in [-0.05, 0) is 58.9 Å². The smallest absolute Gasteiger partial charge is 0.407 e. The molecule has 0 aromatic rings. The minimum Gasteiger partial charge on any atom is -0.448 e. The Kier molecular flexibility index (Phi) is 8.31. The van der Waals surface area contributed by atoms with Crippen LogP contribution in [0.3, 0.4) is 0 Å². The summed E-state index contributed by atoms with van der Waals surface area (Å²) in [6, 6.07) is 0.299. The normalized spacial score (nSPS) is 25.1. The zero-order chi connectivity index (χ0) is 20.8. The molecular formula is C22H40N2O4. The van der Waals surface area contributed by atoms with E-state index in [9.17, 15) is 9.59 Å². The molecule has 2 aliphatic rings. The van der Waals surface area contributed by atoms with E-state index in [0.717, 1.165) is 38.8 Å². The number of amides is 1. The van der Waals surface area contributed by atoms with Gasteiger partial charge in [0.1, 0.15) is 12.4 Å². The number of carbonyl (C=O) groups excluding carboxylic acids is 2. The van der Waals surface area contributed by atoms with Crippen LogP contribution in [0.2, 0.25) is 0 Å². The van der Waals surface area contributed by atoms with Gasteiger partial charge >= 0.3 is 6.09 Å². The molecule has 2 rings (SSSR count). The second kappa shape index (κ2) is 10.1. The van der Waals surface area contributed by atoms with Crippen LogP contribution in [0.15, 0.2) is 0 Å². The van der Waals surface area contributed by atoms with Crippen LogP contribution in [-0.4, -0.2) is 60.8 Å². The van der Waals surface area contributed by atoms with Crippen molar-refractivity contribution in [3.63, 3.8) is 0 Å². The maximum atomic E-state index is 12.0. The molecule has 1 N–H and O–H groups in total. The molecule has 0 radical (unpaired) electrons. The van der Waals surface area contributed by atoms with Gasteiger partial charge in [0.25, 0.3) is 0 Å². The van der Waals surface area contributed by atoms with E-state index in [4.69, 9.17) is 9.47 Å². The predicted molar refractivity (Wildman–Crippen MR) is 110 cm³/mol. The summed E-state index contributed by atoms with van der Waals surface area (Å²) < 4.78 is 11.4. The fourth-order valence-electron chi connectivity index (χ4n) is 4.31. The number of nitrogens with one attached hydrogen (secondary N) is 1. The van der Waals surface area contributed by atoms with Crippen LogP contribution in [0, 0.1) is 5.41 Å². The Labute approximate surface area is 170 Å². The zero-order valence-electron chi connectivity index (χ0n) is 18.5. The molecule has 162 valence electrons. The Hall–Kier alpha value is -1.14. The Balaban J connectivity index is 1.63. The molecule has 28 heavy (non-hydrogen) atoms. The van der Waals surface area contributed by atoms with E-state index in [-0.39, 0.29) is 28.9 Å². The van der Waals surface area contributed by atoms with Crippen molar-refractivity contribution in [1.82, 2.24) is 10.2 Å². The highest BCUT2D eigenvalue weighted by Crippen LogP contribution is 2.42. The third kappa shape index (κ3) is 6.45. The Morgan fingerprint density at radius 1 is 1.21 bits per heavy atom. The number of rotatable bonds is 10. The molecule has 0 spiro atoms. The molecule has 1 amide bonds. The fraction of sp³-hybridized carbons (Fsp3) is 0.909. The Morgan fingerprint density at radius 3 is 2.64 bits per heavy atom. The highest BCUT2D eigenvalue weighted by molar-refractivity contribution is 5.83. The number of alkyl carbamates (subject to hydrolysis) is 1. The maximum absolute atomic E-state index is 12.0. The van der Waals surface area contributed by atoms with Gasteiger partial charge < -0.3 is 14.8 Å². The van der Waals surface area contributed by atoms with Gasteiger partial charge in [0.2, 0.25) is 0 Å². The van der Waals surface area contributed by atoms with Gasteiger partial charge in [-0.1, -0.05) is 20.8 Å². The average Bonchev–Trinajstić information content (AvgIpc) is 3.16. The number of carbonyl (C=O) groups is 2. The topological polar surface area (TPSA) is 67.9 Å². The number of unbranched alkanes of at least 4 members (excludes halogenated alkanes) is 1. The number of Topliss-reactive ketones (excluding diaryl/α,β-unsaturated/α-hetero) is 1. The van der Waals surface area contributed by atoms with E-state index in [1.807, 2.05) is 20.8 Å². The summed E-state index contributed by atoms with van der Waals surface area (Å²) in [7, 11) is 0. The summed E-state index contributed by atoms with van der Waals surface area (Å²) in [4.78, 5) is 26.4. The lowest BCUT2D eigenvalue weighted by atomic mass is 9.88. The van der Waals surface area contributed by atoms with Gasteiger partial charge in [-0.25, -0.2) is 4.79 Å². The lowest BCUT2D eigenvalue weighted by molar-refractivity contribution is -0.126. The molecular weight excluding hydrogens is 356 g/mol. The van der Waals surface area contributed by atoms with Gasteiger partial charge in [0, 0.05) is 30.0 Å². The van der Waals surface area contributed by atoms with Crippen LogP contribution in [-0.2, 0) is 14.3 Å². The Morgan fingerprint density at radius 2 is 1.96 bits per heavy atom. The van der Waals surface area contributed by atoms with E-state index >= 15 is 0 Å². The van der Waals surface area contributed by atoms with E-state index in [0.29, 0.717) is 25.6 Å². The number of hydrogen-bond donors (Lipinski definition) is 1. The minimum atomic E-state index is -0.350. The van der Waals surface area contributed by atoms with Crippen molar-refractivity contribution in [3.05, 3.63) is 0 Å². The second-order valence-electron chi connectivity index (χ2n) is 9.73. The van der Waals surface area contributed by atoms with Crippen LogP contribution >= 0.6 is 0 Å². The molecule has 0 aromatic carbocycles. The number of hydrogen-bond acceptors (Lipinski definition) is 5. The molecule has 2 aliphatic heterocycles. The van der Waals surface area contributed by atoms with Crippen molar-refractivity contribution in [2.75, 3.05) is 26.3 Å². The SMILES string of the molecule is CC(C)OCC12CCCN1[C@@H](COC(=O)NCCCCC(=O)C(C)(C)C)CC2. The monoisotopic (exact) mass is 396 g/mol. The molecule has 2 saturated heterocycles. The average molecular weight is 397 g/mol. The predicted octanol–water partition coefficient (Wildman–Crippen LogP) is 3.92. The third-order valence-electron chi connectivity index (χ3n) is 6.06. The van der Waals surface area contributed by atoms with Crippen LogP contribution in [0.1, 0.15) is 79.6 Å². The van der Waals surface area contributed by atoms with Gasteiger partial charge in [-0.3, -0.25) is 9.69 Å². The number of nitrogens with zero attached hydrogens (tertiary/aromatic N) is 1. The fourth-order valence-corrected chi connectivity index (χ4v) is 4.31. The first kappa shape index (κ1) is 23.1. The van der Waals surface area contributed by atoms with E-state index < -0.39 is 0 Å². The molecule has 2 atom stereocenters.